The van der Waals surface area contributed by atoms with Crippen molar-refractivity contribution in [2.24, 2.45) is 0 Å². The molecule has 0 aromatic heterocycles. The van der Waals surface area contributed by atoms with Gasteiger partial charge in [-0.1, -0.05) is 54.7 Å². The molecule has 0 bridgehead atoms. The van der Waals surface area contributed by atoms with Crippen molar-refractivity contribution in [3.05, 3.63) is 72.1 Å². The van der Waals surface area contributed by atoms with Crippen LogP contribution in [0.1, 0.15) is 19.8 Å². The van der Waals surface area contributed by atoms with E-state index in [0.29, 0.717) is 0 Å². The molecule has 1 saturated heterocycles. The number of allylic oxidation sites excluding steroid dienone is 10. The first-order valence-corrected chi connectivity index (χ1v) is 8.16. The van der Waals surface area contributed by atoms with Crippen LogP contribution in [0.4, 0.5) is 0 Å². The Morgan fingerprint density at radius 1 is 1.00 bits per heavy atom. The number of carbonyl (C=O) groups is 3. The Balaban J connectivity index is 2.77. The molecule has 2 N–H and O–H groups in total. The minimum absolute atomic E-state index is 0.0162. The molecule has 1 aliphatic rings. The van der Waals surface area contributed by atoms with Gasteiger partial charge in [0.1, 0.15) is 11.3 Å². The second-order valence-corrected chi connectivity index (χ2v) is 5.53. The maximum absolute atomic E-state index is 12.3. The summed E-state index contributed by atoms with van der Waals surface area (Å²) in [5, 5.41) is 18.8. The predicted octanol–water partition coefficient (Wildman–Crippen LogP) is 2.87. The van der Waals surface area contributed by atoms with Gasteiger partial charge in [0.05, 0.1) is 6.04 Å². The van der Waals surface area contributed by atoms with Crippen LogP contribution < -0.4 is 0 Å². The molecule has 6 nitrogen and oxygen atoms in total. The van der Waals surface area contributed by atoms with Crippen molar-refractivity contribution >= 4 is 17.7 Å². The lowest BCUT2D eigenvalue weighted by Gasteiger charge is -2.16. The molecule has 1 amide bonds. The maximum atomic E-state index is 12.3. The van der Waals surface area contributed by atoms with Crippen LogP contribution in [0.15, 0.2) is 72.1 Å². The molecule has 0 aliphatic carbocycles. The van der Waals surface area contributed by atoms with Gasteiger partial charge in [-0.15, -0.1) is 0 Å². The summed E-state index contributed by atoms with van der Waals surface area (Å²) in [6.07, 6.45) is 17.1. The number of hydrogen-bond donors (Lipinski definition) is 2. The number of carboxylic acids is 1. The van der Waals surface area contributed by atoms with Crippen LogP contribution >= 0.6 is 0 Å². The van der Waals surface area contributed by atoms with Gasteiger partial charge in [-0.05, 0) is 19.4 Å². The summed E-state index contributed by atoms with van der Waals surface area (Å²) in [5.41, 5.74) is -0.308. The summed E-state index contributed by atoms with van der Waals surface area (Å²) in [7, 11) is 1.42. The van der Waals surface area contributed by atoms with E-state index in [1.165, 1.54) is 24.1 Å². The molecule has 0 spiro atoms. The minimum Gasteiger partial charge on any atom is -0.507 e. The number of Topliss-reactive ketones (excluding diaryl/α,β-unsaturated/α-hetero) is 1. The fourth-order valence-corrected chi connectivity index (χ4v) is 2.31. The number of aliphatic carboxylic acids is 1. The van der Waals surface area contributed by atoms with Crippen LogP contribution in [-0.2, 0) is 14.4 Å². The van der Waals surface area contributed by atoms with Crippen LogP contribution in [0.25, 0.3) is 0 Å². The summed E-state index contributed by atoms with van der Waals surface area (Å²) in [6.45, 7) is 1.92. The van der Waals surface area contributed by atoms with E-state index in [4.69, 9.17) is 5.11 Å². The van der Waals surface area contributed by atoms with E-state index < -0.39 is 29.5 Å². The Kier molecular flexibility index (Phi) is 8.57. The third-order valence-corrected chi connectivity index (χ3v) is 3.66. The third kappa shape index (κ3) is 6.05. The van der Waals surface area contributed by atoms with Crippen molar-refractivity contribution in [2.45, 2.75) is 25.8 Å². The van der Waals surface area contributed by atoms with Crippen molar-refractivity contribution in [1.29, 1.82) is 0 Å². The lowest BCUT2D eigenvalue weighted by molar-refractivity contribution is -0.138. The van der Waals surface area contributed by atoms with Crippen LogP contribution in [-0.4, -0.2) is 45.9 Å². The van der Waals surface area contributed by atoms with Crippen LogP contribution in [0.2, 0.25) is 0 Å². The Morgan fingerprint density at radius 2 is 1.54 bits per heavy atom. The summed E-state index contributed by atoms with van der Waals surface area (Å²) in [4.78, 5) is 36.3. The number of carbonyl (C=O) groups excluding carboxylic acids is 2. The number of nitrogens with zero attached hydrogens (tertiary/aromatic N) is 1. The quantitative estimate of drug-likeness (QED) is 0.301. The fourth-order valence-electron chi connectivity index (χ4n) is 2.31. The van der Waals surface area contributed by atoms with E-state index in [9.17, 15) is 19.5 Å². The smallest absolute Gasteiger partial charge is 0.303 e. The van der Waals surface area contributed by atoms with E-state index >= 15 is 0 Å². The molecule has 138 valence electrons. The molecular formula is C20H23NO5. The Labute approximate surface area is 152 Å². The highest BCUT2D eigenvalue weighted by molar-refractivity contribution is 6.26. The standard InChI is InChI=1S/C20H23NO5/c1-3-4-5-6-7-8-9-10-11-12-16(22)18-19(25)15(13-14-17(23)24)21(2)20(18)26/h3-12,15,22H,13-14H2,1-2H3,(H,23,24)/b4-3+,6-5+,8-7+,10-9+,12-11+,18-16-. The van der Waals surface area contributed by atoms with Crippen LogP contribution in [0.5, 0.6) is 0 Å². The average Bonchev–Trinajstić information content (AvgIpc) is 2.80. The topological polar surface area (TPSA) is 94.9 Å². The predicted molar refractivity (Wildman–Crippen MR) is 99.5 cm³/mol. The van der Waals surface area contributed by atoms with E-state index in [2.05, 4.69) is 0 Å². The lowest BCUT2D eigenvalue weighted by atomic mass is 10.0. The number of hydrogen-bond acceptors (Lipinski definition) is 4. The molecule has 1 fully saturated rings. The van der Waals surface area contributed by atoms with Gasteiger partial charge in [0, 0.05) is 13.5 Å². The number of carboxylic acid groups (broad SMARTS) is 1. The number of ketones is 1. The van der Waals surface area contributed by atoms with Gasteiger partial charge < -0.3 is 15.1 Å². The highest BCUT2D eigenvalue weighted by Crippen LogP contribution is 2.24. The highest BCUT2D eigenvalue weighted by Gasteiger charge is 2.42. The Hall–Kier alpha value is -3.15. The molecule has 0 radical (unpaired) electrons. The number of aliphatic hydroxyl groups is 1. The van der Waals surface area contributed by atoms with Crippen molar-refractivity contribution in [2.75, 3.05) is 7.05 Å². The molecule has 0 aromatic rings. The molecule has 1 aliphatic heterocycles. The Morgan fingerprint density at radius 3 is 2.08 bits per heavy atom. The molecule has 6 heteroatoms. The van der Waals surface area contributed by atoms with Gasteiger partial charge in [-0.2, -0.15) is 0 Å². The monoisotopic (exact) mass is 357 g/mol. The molecular weight excluding hydrogens is 334 g/mol. The second kappa shape index (κ2) is 10.7. The molecule has 1 unspecified atom stereocenters. The number of aliphatic hydroxyl groups excluding tert-OH is 1. The van der Waals surface area contributed by atoms with Gasteiger partial charge >= 0.3 is 5.97 Å². The highest BCUT2D eigenvalue weighted by atomic mass is 16.4. The van der Waals surface area contributed by atoms with Gasteiger partial charge in [-0.3, -0.25) is 14.4 Å². The van der Waals surface area contributed by atoms with Crippen LogP contribution in [0.3, 0.4) is 0 Å². The zero-order valence-corrected chi connectivity index (χ0v) is 14.8. The molecule has 26 heavy (non-hydrogen) atoms. The van der Waals surface area contributed by atoms with Crippen molar-refractivity contribution < 1.29 is 24.6 Å². The first-order chi connectivity index (χ1) is 12.4. The number of likely N-dealkylation sites (tertiary alicyclic amines) is 1. The number of amides is 1. The van der Waals surface area contributed by atoms with E-state index in [0.717, 1.165) is 0 Å². The summed E-state index contributed by atoms with van der Waals surface area (Å²) < 4.78 is 0. The minimum atomic E-state index is -1.04. The normalized spacial score (nSPS) is 20.8. The Bertz CT molecular complexity index is 722. The van der Waals surface area contributed by atoms with Gasteiger partial charge in [0.2, 0.25) is 0 Å². The summed E-state index contributed by atoms with van der Waals surface area (Å²) >= 11 is 0. The number of likely N-dealkylation sites (N-methyl/N-ethyl adjacent to an activating group) is 1. The molecule has 0 aromatic carbocycles. The summed E-state index contributed by atoms with van der Waals surface area (Å²) in [5.74, 6) is -2.63. The van der Waals surface area contributed by atoms with Crippen molar-refractivity contribution in [1.82, 2.24) is 4.90 Å². The lowest BCUT2D eigenvalue weighted by Crippen LogP contribution is -2.32. The van der Waals surface area contributed by atoms with Gasteiger partial charge in [0.25, 0.3) is 5.91 Å². The molecule has 1 rings (SSSR count). The van der Waals surface area contributed by atoms with Gasteiger partial charge in [0.15, 0.2) is 5.78 Å². The zero-order valence-electron chi connectivity index (χ0n) is 14.8. The zero-order chi connectivity index (χ0) is 19.5. The second-order valence-electron chi connectivity index (χ2n) is 5.53. The van der Waals surface area contributed by atoms with E-state index in [-0.39, 0.29) is 18.4 Å². The van der Waals surface area contributed by atoms with Crippen molar-refractivity contribution in [3.63, 3.8) is 0 Å². The third-order valence-electron chi connectivity index (χ3n) is 3.66. The molecule has 1 heterocycles. The summed E-state index contributed by atoms with van der Waals surface area (Å²) in [6, 6.07) is -0.855. The van der Waals surface area contributed by atoms with E-state index in [1.807, 2.05) is 37.3 Å². The first kappa shape index (κ1) is 20.9. The average molecular weight is 357 g/mol. The van der Waals surface area contributed by atoms with Crippen LogP contribution in [0, 0.1) is 0 Å². The van der Waals surface area contributed by atoms with Gasteiger partial charge in [-0.25, -0.2) is 0 Å². The fraction of sp³-hybridized carbons (Fsp3) is 0.250. The van der Waals surface area contributed by atoms with Crippen molar-refractivity contribution in [3.8, 4) is 0 Å². The largest absolute Gasteiger partial charge is 0.507 e. The SMILES string of the molecule is C/C=C/C=C/C=C/C=C/C=C/C(O)=C1\C(=O)C(CCC(=O)O)N(C)C1=O. The number of rotatable bonds is 8. The van der Waals surface area contributed by atoms with E-state index in [1.54, 1.807) is 18.2 Å². The molecule has 1 atom stereocenters. The first-order valence-electron chi connectivity index (χ1n) is 8.16. The molecule has 0 saturated carbocycles. The maximum Gasteiger partial charge on any atom is 0.303 e.